The summed E-state index contributed by atoms with van der Waals surface area (Å²) in [6.07, 6.45) is 35.3. The van der Waals surface area contributed by atoms with E-state index < -0.39 is 49.5 Å². The second kappa shape index (κ2) is 36.0. The third kappa shape index (κ3) is 26.5. The van der Waals surface area contributed by atoms with Crippen LogP contribution in [0.1, 0.15) is 200 Å². The topological polar surface area (TPSA) is 149 Å². The Morgan fingerprint density at radius 3 is 1.52 bits per heavy atom. The Balaban J connectivity index is 2.30. The van der Waals surface area contributed by atoms with Crippen molar-refractivity contribution in [3.63, 3.8) is 0 Å². The number of aliphatic hydroxyl groups excluding tert-OH is 5. The number of hydrogen-bond acceptors (Lipinski definition) is 8. The summed E-state index contributed by atoms with van der Waals surface area (Å²) >= 11 is 0. The van der Waals surface area contributed by atoms with E-state index in [9.17, 15) is 30.3 Å². The van der Waals surface area contributed by atoms with Gasteiger partial charge in [0.2, 0.25) is 5.91 Å². The van der Waals surface area contributed by atoms with Crippen LogP contribution in [0.4, 0.5) is 0 Å². The Kier molecular flexibility index (Phi) is 33.8. The van der Waals surface area contributed by atoms with Gasteiger partial charge in [0, 0.05) is 6.42 Å². The summed E-state index contributed by atoms with van der Waals surface area (Å²) in [5, 5.41) is 54.0. The molecule has 7 unspecified atom stereocenters. The highest BCUT2D eigenvalue weighted by Gasteiger charge is 2.44. The molecule has 1 aliphatic rings. The summed E-state index contributed by atoms with van der Waals surface area (Å²) in [4.78, 5) is 12.8. The van der Waals surface area contributed by atoms with E-state index in [2.05, 4.69) is 31.3 Å². The molecule has 6 N–H and O–H groups in total. The average molecular weight is 768 g/mol. The fourth-order valence-electron chi connectivity index (χ4n) is 7.10. The Labute approximate surface area is 330 Å². The highest BCUT2D eigenvalue weighted by atomic mass is 16.7. The molecule has 0 saturated carbocycles. The molecule has 9 nitrogen and oxygen atoms in total. The van der Waals surface area contributed by atoms with E-state index in [1.165, 1.54) is 141 Å². The van der Waals surface area contributed by atoms with Crippen molar-refractivity contribution in [3.8, 4) is 0 Å². The molecule has 0 aromatic heterocycles. The lowest BCUT2D eigenvalue weighted by molar-refractivity contribution is -0.302. The van der Waals surface area contributed by atoms with Gasteiger partial charge in [-0.1, -0.05) is 179 Å². The Morgan fingerprint density at radius 2 is 1.04 bits per heavy atom. The van der Waals surface area contributed by atoms with Crippen LogP contribution in [0, 0.1) is 0 Å². The van der Waals surface area contributed by atoms with E-state index >= 15 is 0 Å². The summed E-state index contributed by atoms with van der Waals surface area (Å²) < 4.78 is 11.2. The van der Waals surface area contributed by atoms with Crippen molar-refractivity contribution in [1.29, 1.82) is 0 Å². The molecule has 1 aliphatic heterocycles. The van der Waals surface area contributed by atoms with E-state index in [0.717, 1.165) is 32.1 Å². The van der Waals surface area contributed by atoms with E-state index in [4.69, 9.17) is 9.47 Å². The van der Waals surface area contributed by atoms with Crippen LogP contribution in [0.2, 0.25) is 0 Å². The predicted molar refractivity (Wildman–Crippen MR) is 221 cm³/mol. The molecule has 7 atom stereocenters. The summed E-state index contributed by atoms with van der Waals surface area (Å²) in [7, 11) is 0. The second-order valence-electron chi connectivity index (χ2n) is 15.8. The molecule has 1 fully saturated rings. The normalized spacial score (nSPS) is 21.6. The van der Waals surface area contributed by atoms with Gasteiger partial charge >= 0.3 is 0 Å². The zero-order valence-electron chi connectivity index (χ0n) is 34.7. The number of carbonyl (C=O) groups excluding carboxylic acids is 1. The number of hydrogen-bond donors (Lipinski definition) is 6. The number of allylic oxidation sites excluding steroid dienone is 3. The fraction of sp³-hybridized carbons (Fsp3) is 0.889. The number of ether oxygens (including phenoxy) is 2. The highest BCUT2D eigenvalue weighted by molar-refractivity contribution is 5.76. The number of aliphatic hydroxyl groups is 5. The van der Waals surface area contributed by atoms with E-state index in [0.29, 0.717) is 12.8 Å². The lowest BCUT2D eigenvalue weighted by Gasteiger charge is -2.40. The zero-order chi connectivity index (χ0) is 39.5. The van der Waals surface area contributed by atoms with Gasteiger partial charge in [0.05, 0.1) is 25.4 Å². The Hall–Kier alpha value is -1.33. The molecule has 54 heavy (non-hydrogen) atoms. The van der Waals surface area contributed by atoms with Gasteiger partial charge in [0.15, 0.2) is 6.29 Å². The van der Waals surface area contributed by atoms with Crippen LogP contribution >= 0.6 is 0 Å². The molecule has 1 heterocycles. The SMILES string of the molecule is CCCCCC/C=C\CCCC(=O)NC(COC1OC(CO)C(O)C(O)C1O)C(O)/C=C/CCCCCCCCCCCCCCCCCCCCCC. The van der Waals surface area contributed by atoms with Gasteiger partial charge in [0.1, 0.15) is 24.4 Å². The Bertz CT molecular complexity index is 899. The third-order valence-electron chi connectivity index (χ3n) is 10.8. The first-order valence-electron chi connectivity index (χ1n) is 22.6. The maximum atomic E-state index is 12.8. The van der Waals surface area contributed by atoms with Crippen LogP contribution < -0.4 is 5.32 Å². The van der Waals surface area contributed by atoms with Gasteiger partial charge in [0.25, 0.3) is 0 Å². The largest absolute Gasteiger partial charge is 0.394 e. The summed E-state index contributed by atoms with van der Waals surface area (Å²) in [5.41, 5.74) is 0. The van der Waals surface area contributed by atoms with Crippen molar-refractivity contribution in [3.05, 3.63) is 24.3 Å². The fourth-order valence-corrected chi connectivity index (χ4v) is 7.10. The number of unbranched alkanes of at least 4 members (excludes halogenated alkanes) is 25. The van der Waals surface area contributed by atoms with Gasteiger partial charge in [-0.3, -0.25) is 4.79 Å². The van der Waals surface area contributed by atoms with Crippen LogP contribution in [0.5, 0.6) is 0 Å². The van der Waals surface area contributed by atoms with Crippen molar-refractivity contribution in [2.75, 3.05) is 13.2 Å². The minimum atomic E-state index is -1.57. The van der Waals surface area contributed by atoms with Crippen molar-refractivity contribution in [1.82, 2.24) is 5.32 Å². The van der Waals surface area contributed by atoms with Crippen LogP contribution in [0.3, 0.4) is 0 Å². The quantitative estimate of drug-likeness (QED) is 0.0271. The van der Waals surface area contributed by atoms with Gasteiger partial charge in [-0.05, 0) is 38.5 Å². The molecule has 318 valence electrons. The summed E-state index contributed by atoms with van der Waals surface area (Å²) in [6, 6.07) is -0.815. The predicted octanol–water partition coefficient (Wildman–Crippen LogP) is 9.11. The zero-order valence-corrected chi connectivity index (χ0v) is 34.7. The van der Waals surface area contributed by atoms with Crippen molar-refractivity contribution >= 4 is 5.91 Å². The first-order valence-corrected chi connectivity index (χ1v) is 22.6. The smallest absolute Gasteiger partial charge is 0.220 e. The first kappa shape index (κ1) is 50.7. The van der Waals surface area contributed by atoms with Crippen molar-refractivity contribution < 1.29 is 39.8 Å². The lowest BCUT2D eigenvalue weighted by Crippen LogP contribution is -2.60. The lowest BCUT2D eigenvalue weighted by atomic mass is 9.99. The van der Waals surface area contributed by atoms with Gasteiger partial charge < -0.3 is 40.3 Å². The molecule has 0 radical (unpaired) electrons. The van der Waals surface area contributed by atoms with Crippen LogP contribution in [-0.2, 0) is 14.3 Å². The molecule has 1 amide bonds. The van der Waals surface area contributed by atoms with E-state index in [1.54, 1.807) is 6.08 Å². The van der Waals surface area contributed by atoms with Gasteiger partial charge in [-0.2, -0.15) is 0 Å². The van der Waals surface area contributed by atoms with E-state index in [1.807, 2.05) is 6.08 Å². The van der Waals surface area contributed by atoms with Crippen molar-refractivity contribution in [2.45, 2.75) is 243 Å². The van der Waals surface area contributed by atoms with E-state index in [-0.39, 0.29) is 12.5 Å². The standard InChI is InChI=1S/C45H85NO8/c1-3-5-7-9-11-13-14-15-16-17-18-19-20-21-22-23-24-25-27-28-30-32-34-39(48)38(37-53-45-44(52)43(51)42(50)40(36-47)54-45)46-41(49)35-33-31-29-26-12-10-8-6-4-2/h26,29,32,34,38-40,42-45,47-48,50-52H,3-25,27-28,30-31,33,35-37H2,1-2H3,(H,46,49)/b29-26-,34-32+. The molecule has 1 saturated heterocycles. The summed E-state index contributed by atoms with van der Waals surface area (Å²) in [6.45, 7) is 3.72. The highest BCUT2D eigenvalue weighted by Crippen LogP contribution is 2.22. The molecule has 0 bridgehead atoms. The summed E-state index contributed by atoms with van der Waals surface area (Å²) in [5.74, 6) is -0.213. The number of carbonyl (C=O) groups is 1. The third-order valence-corrected chi connectivity index (χ3v) is 10.8. The molecular weight excluding hydrogens is 682 g/mol. The minimum Gasteiger partial charge on any atom is -0.394 e. The maximum Gasteiger partial charge on any atom is 0.220 e. The molecule has 0 aliphatic carbocycles. The van der Waals surface area contributed by atoms with Gasteiger partial charge in [-0.25, -0.2) is 0 Å². The van der Waals surface area contributed by atoms with Gasteiger partial charge in [-0.15, -0.1) is 0 Å². The molecule has 0 spiro atoms. The second-order valence-corrected chi connectivity index (χ2v) is 15.8. The van der Waals surface area contributed by atoms with Crippen LogP contribution in [0.15, 0.2) is 24.3 Å². The molecule has 0 aromatic carbocycles. The minimum absolute atomic E-state index is 0.198. The monoisotopic (exact) mass is 768 g/mol. The number of rotatable bonds is 37. The molecular formula is C45H85NO8. The molecule has 0 aromatic rings. The van der Waals surface area contributed by atoms with Crippen LogP contribution in [-0.4, -0.2) is 87.5 Å². The first-order chi connectivity index (χ1) is 26.3. The number of nitrogens with one attached hydrogen (secondary N) is 1. The molecule has 9 heteroatoms. The van der Waals surface area contributed by atoms with Crippen LogP contribution in [0.25, 0.3) is 0 Å². The Morgan fingerprint density at radius 1 is 0.611 bits per heavy atom. The molecule has 1 rings (SSSR count). The van der Waals surface area contributed by atoms with Crippen molar-refractivity contribution in [2.24, 2.45) is 0 Å². The average Bonchev–Trinajstić information content (AvgIpc) is 3.17. The number of amides is 1. The maximum absolute atomic E-state index is 12.8.